The number of hydrogen-bond acceptors (Lipinski definition) is 4. The Bertz CT molecular complexity index is 1120. The van der Waals surface area contributed by atoms with E-state index in [9.17, 15) is 4.79 Å². The second-order valence-corrected chi connectivity index (χ2v) is 8.79. The average Bonchev–Trinajstić information content (AvgIpc) is 3.11. The molecule has 6 nitrogen and oxygen atoms in total. The highest BCUT2D eigenvalue weighted by Gasteiger charge is 2.31. The fourth-order valence-corrected chi connectivity index (χ4v) is 5.10. The van der Waals surface area contributed by atoms with E-state index < -0.39 is 0 Å². The zero-order valence-corrected chi connectivity index (χ0v) is 17.8. The molecule has 1 aliphatic heterocycles. The van der Waals surface area contributed by atoms with Crippen LogP contribution < -0.4 is 5.73 Å². The van der Waals surface area contributed by atoms with Gasteiger partial charge in [-0.15, -0.1) is 0 Å². The Morgan fingerprint density at radius 1 is 1.10 bits per heavy atom. The van der Waals surface area contributed by atoms with Gasteiger partial charge in [0.2, 0.25) is 0 Å². The first-order valence-electron chi connectivity index (χ1n) is 11.1. The molecule has 0 radical (unpaired) electrons. The molecule has 1 saturated heterocycles. The normalized spacial score (nSPS) is 17.3. The maximum atomic E-state index is 13.4. The minimum Gasteiger partial charge on any atom is -0.383 e. The largest absolute Gasteiger partial charge is 0.383 e. The van der Waals surface area contributed by atoms with Crippen LogP contribution in [0.25, 0.3) is 16.7 Å². The third kappa shape index (κ3) is 2.97. The summed E-state index contributed by atoms with van der Waals surface area (Å²) in [6.07, 6.45) is 10.8. The van der Waals surface area contributed by atoms with Gasteiger partial charge < -0.3 is 15.2 Å². The van der Waals surface area contributed by atoms with E-state index in [4.69, 9.17) is 5.73 Å². The Hall–Kier alpha value is -2.89. The number of rotatable bonds is 3. The van der Waals surface area contributed by atoms with Gasteiger partial charge in [-0.3, -0.25) is 4.79 Å². The maximum absolute atomic E-state index is 13.4. The van der Waals surface area contributed by atoms with E-state index in [0.29, 0.717) is 11.7 Å². The average molecular weight is 404 g/mol. The molecule has 1 aromatic carbocycles. The summed E-state index contributed by atoms with van der Waals surface area (Å²) in [6, 6.07) is 4.30. The molecule has 5 rings (SSSR count). The summed E-state index contributed by atoms with van der Waals surface area (Å²) in [4.78, 5) is 24.0. The van der Waals surface area contributed by atoms with Crippen LogP contribution in [0.3, 0.4) is 0 Å². The molecule has 156 valence electrons. The first-order valence-corrected chi connectivity index (χ1v) is 11.1. The highest BCUT2D eigenvalue weighted by atomic mass is 16.2. The smallest absolute Gasteiger partial charge is 0.254 e. The predicted octanol–water partition coefficient (Wildman–Crippen LogP) is 4.51. The quantitative estimate of drug-likeness (QED) is 0.698. The van der Waals surface area contributed by atoms with Crippen LogP contribution in [0.1, 0.15) is 71.5 Å². The molecule has 0 atom stereocenters. The highest BCUT2D eigenvalue weighted by Crippen LogP contribution is 2.41. The van der Waals surface area contributed by atoms with Gasteiger partial charge in [-0.1, -0.05) is 19.3 Å². The number of nitrogens with zero attached hydrogens (tertiary/aromatic N) is 4. The van der Waals surface area contributed by atoms with Crippen LogP contribution in [0.2, 0.25) is 0 Å². The number of aromatic nitrogens is 3. The van der Waals surface area contributed by atoms with E-state index in [1.54, 1.807) is 0 Å². The van der Waals surface area contributed by atoms with Crippen molar-refractivity contribution < 1.29 is 4.79 Å². The predicted molar refractivity (Wildman–Crippen MR) is 119 cm³/mol. The Labute approximate surface area is 177 Å². The van der Waals surface area contributed by atoms with Crippen molar-refractivity contribution >= 4 is 22.6 Å². The van der Waals surface area contributed by atoms with Gasteiger partial charge in [-0.25, -0.2) is 9.97 Å². The van der Waals surface area contributed by atoms with E-state index in [1.165, 1.54) is 36.5 Å². The Balaban J connectivity index is 1.74. The molecule has 6 heteroatoms. The molecule has 2 fully saturated rings. The molecule has 1 saturated carbocycles. The second-order valence-electron chi connectivity index (χ2n) is 8.79. The number of carbonyl (C=O) groups excluding carboxylic acids is 1. The van der Waals surface area contributed by atoms with Crippen LogP contribution >= 0.6 is 0 Å². The topological polar surface area (TPSA) is 77.0 Å². The summed E-state index contributed by atoms with van der Waals surface area (Å²) in [5.41, 5.74) is 11.3. The number of nitrogens with two attached hydrogens (primary N) is 1. The van der Waals surface area contributed by atoms with Crippen molar-refractivity contribution in [3.8, 4) is 5.82 Å². The van der Waals surface area contributed by atoms with Crippen molar-refractivity contribution in [2.45, 2.75) is 58.3 Å². The lowest BCUT2D eigenvalue weighted by molar-refractivity contribution is 0.0649. The van der Waals surface area contributed by atoms with Crippen molar-refractivity contribution in [1.82, 2.24) is 19.4 Å². The summed E-state index contributed by atoms with van der Waals surface area (Å²) in [7, 11) is 0. The van der Waals surface area contributed by atoms with Crippen molar-refractivity contribution in [1.29, 1.82) is 0 Å². The van der Waals surface area contributed by atoms with Crippen LogP contribution in [0.5, 0.6) is 0 Å². The third-order valence-corrected chi connectivity index (χ3v) is 6.93. The number of benzene rings is 1. The van der Waals surface area contributed by atoms with Gasteiger partial charge in [0, 0.05) is 35.8 Å². The number of aryl methyl sites for hydroxylation is 1. The van der Waals surface area contributed by atoms with Crippen LogP contribution in [0, 0.1) is 13.8 Å². The van der Waals surface area contributed by atoms with Gasteiger partial charge in [0.05, 0.1) is 5.52 Å². The van der Waals surface area contributed by atoms with E-state index >= 15 is 0 Å². The molecule has 1 amide bonds. The van der Waals surface area contributed by atoms with Gasteiger partial charge >= 0.3 is 0 Å². The number of amides is 1. The zero-order chi connectivity index (χ0) is 20.8. The molecule has 2 N–H and O–H groups in total. The monoisotopic (exact) mass is 403 g/mol. The molecule has 0 bridgehead atoms. The molecule has 0 unspecified atom stereocenters. The van der Waals surface area contributed by atoms with Crippen LogP contribution in [0.15, 0.2) is 24.7 Å². The number of likely N-dealkylation sites (tertiary alicyclic amines) is 1. The number of hydrogen-bond donors (Lipinski definition) is 1. The van der Waals surface area contributed by atoms with Gasteiger partial charge in [0.1, 0.15) is 18.0 Å². The molecule has 0 spiro atoms. The highest BCUT2D eigenvalue weighted by molar-refractivity contribution is 6.03. The molecular formula is C24H29N5O. The molecular weight excluding hydrogens is 374 g/mol. The first-order chi connectivity index (χ1) is 14.6. The molecule has 3 aromatic rings. The molecule has 3 heterocycles. The lowest BCUT2D eigenvalue weighted by Crippen LogP contribution is -2.42. The Kier molecular flexibility index (Phi) is 4.72. The second kappa shape index (κ2) is 7.42. The summed E-state index contributed by atoms with van der Waals surface area (Å²) < 4.78 is 2.10. The van der Waals surface area contributed by atoms with Crippen LogP contribution in [-0.4, -0.2) is 38.4 Å². The van der Waals surface area contributed by atoms with Crippen molar-refractivity contribution in [3.05, 3.63) is 46.9 Å². The summed E-state index contributed by atoms with van der Waals surface area (Å²) in [5, 5.41) is 1.17. The lowest BCUT2D eigenvalue weighted by atomic mass is 9.79. The Morgan fingerprint density at radius 3 is 2.57 bits per heavy atom. The lowest BCUT2D eigenvalue weighted by Gasteiger charge is -2.34. The third-order valence-electron chi connectivity index (χ3n) is 6.93. The summed E-state index contributed by atoms with van der Waals surface area (Å²) in [6.45, 7) is 5.78. The minimum absolute atomic E-state index is 0.205. The molecule has 30 heavy (non-hydrogen) atoms. The van der Waals surface area contributed by atoms with E-state index in [1.807, 2.05) is 11.8 Å². The van der Waals surface area contributed by atoms with E-state index in [2.05, 4.69) is 39.8 Å². The maximum Gasteiger partial charge on any atom is 0.254 e. The number of nitrogen functional groups attached to an aromatic ring is 1. The summed E-state index contributed by atoms with van der Waals surface area (Å²) in [5.74, 6) is 1.94. The zero-order valence-electron chi connectivity index (χ0n) is 17.8. The molecule has 2 aromatic heterocycles. The number of fused-ring (bicyclic) bond motifs is 1. The first kappa shape index (κ1) is 19.1. The van der Waals surface area contributed by atoms with E-state index in [-0.39, 0.29) is 5.91 Å². The Morgan fingerprint density at radius 2 is 1.87 bits per heavy atom. The molecule has 2 aliphatic rings. The van der Waals surface area contributed by atoms with Gasteiger partial charge in [0.25, 0.3) is 5.91 Å². The van der Waals surface area contributed by atoms with Gasteiger partial charge in [-0.2, -0.15) is 0 Å². The minimum atomic E-state index is 0.205. The van der Waals surface area contributed by atoms with Crippen molar-refractivity contribution in [2.75, 3.05) is 18.8 Å². The van der Waals surface area contributed by atoms with Crippen molar-refractivity contribution in [3.63, 3.8) is 0 Å². The van der Waals surface area contributed by atoms with Crippen LogP contribution in [0.4, 0.5) is 5.82 Å². The standard InChI is InChI=1S/C24H29N5O/c1-15-13-19-18(9-12-29(19)23-16(2)22(25)26-14-27-23)21(17-7-4-3-5-8-17)20(15)24(30)28-10-6-11-28/h9,12-14,17H,3-8,10-11H2,1-2H3,(H2,25,26,27). The van der Waals surface area contributed by atoms with Crippen molar-refractivity contribution in [2.24, 2.45) is 0 Å². The number of anilines is 1. The van der Waals surface area contributed by atoms with Crippen LogP contribution in [-0.2, 0) is 0 Å². The SMILES string of the molecule is Cc1cc2c(ccn2-c2ncnc(N)c2C)c(C2CCCCC2)c1C(=O)N1CCC1. The van der Waals surface area contributed by atoms with E-state index in [0.717, 1.165) is 60.4 Å². The van der Waals surface area contributed by atoms with Gasteiger partial charge in [0.15, 0.2) is 0 Å². The fraction of sp³-hybridized carbons (Fsp3) is 0.458. The number of carbonyl (C=O) groups is 1. The molecule has 1 aliphatic carbocycles. The fourth-order valence-electron chi connectivity index (χ4n) is 5.10. The summed E-state index contributed by atoms with van der Waals surface area (Å²) >= 11 is 0. The van der Waals surface area contributed by atoms with Gasteiger partial charge in [-0.05, 0) is 62.3 Å².